The third-order valence-corrected chi connectivity index (χ3v) is 5.81. The monoisotopic (exact) mass is 502 g/mol. The van der Waals surface area contributed by atoms with Crippen molar-refractivity contribution in [1.82, 2.24) is 4.98 Å². The molecule has 0 spiro atoms. The van der Waals surface area contributed by atoms with Crippen molar-refractivity contribution < 1.29 is 13.9 Å². The summed E-state index contributed by atoms with van der Waals surface area (Å²) in [6.07, 6.45) is 2.39. The fourth-order valence-corrected chi connectivity index (χ4v) is 4.00. The molecule has 0 atom stereocenters. The van der Waals surface area contributed by atoms with Crippen molar-refractivity contribution in [3.8, 4) is 11.3 Å². The van der Waals surface area contributed by atoms with Gasteiger partial charge >= 0.3 is 5.97 Å². The molecule has 4 rings (SSSR count). The van der Waals surface area contributed by atoms with Gasteiger partial charge in [0.2, 0.25) is 0 Å². The van der Waals surface area contributed by atoms with Crippen LogP contribution in [0.5, 0.6) is 0 Å². The van der Waals surface area contributed by atoms with E-state index in [1.54, 1.807) is 0 Å². The van der Waals surface area contributed by atoms with Crippen molar-refractivity contribution in [3.63, 3.8) is 0 Å². The Morgan fingerprint density at radius 2 is 1.83 bits per heavy atom. The summed E-state index contributed by atoms with van der Waals surface area (Å²) in [6.45, 7) is 0.116. The van der Waals surface area contributed by atoms with Crippen LogP contribution in [0.2, 0.25) is 0 Å². The zero-order valence-corrected chi connectivity index (χ0v) is 17.9. The highest BCUT2D eigenvalue weighted by Crippen LogP contribution is 2.40. The minimum atomic E-state index is -0.608. The number of halogens is 2. The molecule has 4 nitrogen and oxygen atoms in total. The van der Waals surface area contributed by atoms with Gasteiger partial charge in [-0.1, -0.05) is 77.2 Å². The predicted molar refractivity (Wildman–Crippen MR) is 119 cm³/mol. The maximum Gasteiger partial charge on any atom is 0.357 e. The first-order valence-electron chi connectivity index (χ1n) is 9.43. The number of nitrogens with two attached hydrogens (primary N) is 1. The van der Waals surface area contributed by atoms with Gasteiger partial charge in [-0.25, -0.2) is 14.2 Å². The fraction of sp³-hybridized carbons (Fsp3) is 0.217. The third kappa shape index (κ3) is 4.27. The number of nitrogens with zero attached hydrogens (tertiary/aromatic N) is 1. The number of nitrogen functional groups attached to an aromatic ring is 1. The standard InChI is InChI=1S/C23H20FIN2O2/c24-19-20(26)18(12-25)22(23(28)29-13-14-4-2-1-3-5-14)27-21(19)17-10-8-16(9-11-17)15-6-7-15/h1-5,8-11,15H,6-7,12-13H2,(H2,26,27). The molecule has 1 fully saturated rings. The van der Waals surface area contributed by atoms with Crippen LogP contribution >= 0.6 is 22.6 Å². The molecule has 1 aliphatic rings. The number of anilines is 1. The molecule has 1 heterocycles. The van der Waals surface area contributed by atoms with Gasteiger partial charge in [-0.2, -0.15) is 0 Å². The molecule has 0 bridgehead atoms. The van der Waals surface area contributed by atoms with Gasteiger partial charge in [0.15, 0.2) is 11.5 Å². The minimum Gasteiger partial charge on any atom is -0.456 e. The highest BCUT2D eigenvalue weighted by molar-refractivity contribution is 14.1. The molecule has 6 heteroatoms. The van der Waals surface area contributed by atoms with E-state index in [4.69, 9.17) is 10.5 Å². The van der Waals surface area contributed by atoms with Gasteiger partial charge in [-0.15, -0.1) is 0 Å². The number of carbonyl (C=O) groups is 1. The van der Waals surface area contributed by atoms with Crippen molar-refractivity contribution in [1.29, 1.82) is 0 Å². The van der Waals surface area contributed by atoms with Crippen molar-refractivity contribution in [2.75, 3.05) is 5.73 Å². The van der Waals surface area contributed by atoms with Crippen molar-refractivity contribution >= 4 is 34.2 Å². The van der Waals surface area contributed by atoms with Crippen LogP contribution in [0.1, 0.15) is 45.9 Å². The van der Waals surface area contributed by atoms with E-state index in [9.17, 15) is 9.18 Å². The quantitative estimate of drug-likeness (QED) is 0.269. The fourth-order valence-electron chi connectivity index (χ4n) is 3.23. The molecule has 0 unspecified atom stereocenters. The van der Waals surface area contributed by atoms with Crippen molar-refractivity contribution in [3.05, 3.63) is 82.8 Å². The zero-order chi connectivity index (χ0) is 20.4. The number of rotatable bonds is 6. The van der Waals surface area contributed by atoms with Crippen LogP contribution in [0.4, 0.5) is 10.1 Å². The van der Waals surface area contributed by atoms with Crippen LogP contribution in [0.15, 0.2) is 54.6 Å². The van der Waals surface area contributed by atoms with E-state index >= 15 is 0 Å². The van der Waals surface area contributed by atoms with Crippen LogP contribution in [0.25, 0.3) is 11.3 Å². The molecule has 1 saturated carbocycles. The number of pyridine rings is 1. The lowest BCUT2D eigenvalue weighted by Crippen LogP contribution is -2.14. The first-order valence-corrected chi connectivity index (χ1v) is 11.0. The summed E-state index contributed by atoms with van der Waals surface area (Å²) in [7, 11) is 0. The number of benzene rings is 2. The van der Waals surface area contributed by atoms with Gasteiger partial charge in [0.05, 0.1) is 5.69 Å². The third-order valence-electron chi connectivity index (χ3n) is 5.05. The Hall–Kier alpha value is -2.48. The lowest BCUT2D eigenvalue weighted by atomic mass is 10.0. The summed E-state index contributed by atoms with van der Waals surface area (Å²) in [6, 6.07) is 17.0. The van der Waals surface area contributed by atoms with Gasteiger partial charge < -0.3 is 10.5 Å². The normalized spacial score (nSPS) is 13.3. The summed E-state index contributed by atoms with van der Waals surface area (Å²) >= 11 is 2.04. The van der Waals surface area contributed by atoms with E-state index in [1.807, 2.05) is 77.2 Å². The van der Waals surface area contributed by atoms with E-state index in [1.165, 1.54) is 18.4 Å². The molecule has 29 heavy (non-hydrogen) atoms. The molecule has 0 radical (unpaired) electrons. The average molecular weight is 502 g/mol. The molecule has 2 aromatic carbocycles. The smallest absolute Gasteiger partial charge is 0.357 e. The summed E-state index contributed by atoms with van der Waals surface area (Å²) in [5.41, 5.74) is 9.19. The van der Waals surface area contributed by atoms with E-state index in [0.29, 0.717) is 21.5 Å². The zero-order valence-electron chi connectivity index (χ0n) is 15.7. The molecule has 1 aromatic heterocycles. The average Bonchev–Trinajstić information content (AvgIpc) is 3.60. The predicted octanol–water partition coefficient (Wildman–Crippen LogP) is 5.64. The number of aromatic nitrogens is 1. The number of hydrogen-bond acceptors (Lipinski definition) is 4. The highest BCUT2D eigenvalue weighted by Gasteiger charge is 2.25. The van der Waals surface area contributed by atoms with Gasteiger partial charge in [-0.3, -0.25) is 0 Å². The number of ether oxygens (including phenoxy) is 1. The summed E-state index contributed by atoms with van der Waals surface area (Å²) in [5.74, 6) is -0.602. The second kappa shape index (κ2) is 8.49. The minimum absolute atomic E-state index is 0.0534. The van der Waals surface area contributed by atoms with Crippen LogP contribution in [0.3, 0.4) is 0 Å². The van der Waals surface area contributed by atoms with Crippen LogP contribution in [-0.2, 0) is 15.8 Å². The summed E-state index contributed by atoms with van der Waals surface area (Å²) < 4.78 is 20.7. The van der Waals surface area contributed by atoms with Crippen LogP contribution in [-0.4, -0.2) is 11.0 Å². The van der Waals surface area contributed by atoms with E-state index in [-0.39, 0.29) is 23.7 Å². The van der Waals surface area contributed by atoms with Crippen LogP contribution in [0, 0.1) is 5.82 Å². The Morgan fingerprint density at radius 1 is 1.14 bits per heavy atom. The van der Waals surface area contributed by atoms with E-state index in [0.717, 1.165) is 5.56 Å². The van der Waals surface area contributed by atoms with Gasteiger partial charge in [-0.05, 0) is 29.9 Å². The molecule has 3 aromatic rings. The Labute approximate surface area is 182 Å². The molecular weight excluding hydrogens is 482 g/mol. The largest absolute Gasteiger partial charge is 0.456 e. The Balaban J connectivity index is 1.66. The van der Waals surface area contributed by atoms with Crippen molar-refractivity contribution in [2.24, 2.45) is 0 Å². The topological polar surface area (TPSA) is 65.2 Å². The summed E-state index contributed by atoms with van der Waals surface area (Å²) in [4.78, 5) is 17.1. The number of hydrogen-bond donors (Lipinski definition) is 1. The first-order chi connectivity index (χ1) is 14.1. The Morgan fingerprint density at radius 3 is 2.45 bits per heavy atom. The van der Waals surface area contributed by atoms with Gasteiger partial charge in [0.1, 0.15) is 12.3 Å². The van der Waals surface area contributed by atoms with Gasteiger partial charge in [0.25, 0.3) is 0 Å². The molecule has 148 valence electrons. The maximum absolute atomic E-state index is 15.0. The Bertz CT molecular complexity index is 1030. The first kappa shape index (κ1) is 19.8. The number of alkyl halides is 1. The van der Waals surface area contributed by atoms with Crippen LogP contribution < -0.4 is 5.73 Å². The highest BCUT2D eigenvalue weighted by atomic mass is 127. The molecule has 1 aliphatic carbocycles. The molecule has 0 aliphatic heterocycles. The second-order valence-electron chi connectivity index (χ2n) is 7.11. The molecule has 0 amide bonds. The number of carbonyl (C=O) groups excluding carboxylic acids is 1. The SMILES string of the molecule is Nc1c(F)c(-c2ccc(C3CC3)cc2)nc(C(=O)OCc2ccccc2)c1CI. The van der Waals surface area contributed by atoms with E-state index in [2.05, 4.69) is 4.98 Å². The van der Waals surface area contributed by atoms with Crippen molar-refractivity contribution in [2.45, 2.75) is 29.8 Å². The maximum atomic E-state index is 15.0. The lowest BCUT2D eigenvalue weighted by Gasteiger charge is -2.14. The molecule has 0 saturated heterocycles. The second-order valence-corrected chi connectivity index (χ2v) is 7.87. The molecular formula is C23H20FIN2O2. The lowest BCUT2D eigenvalue weighted by molar-refractivity contribution is 0.0465. The van der Waals surface area contributed by atoms with E-state index < -0.39 is 11.8 Å². The summed E-state index contributed by atoms with van der Waals surface area (Å²) in [5, 5.41) is 0. The Kier molecular flexibility index (Phi) is 5.80. The van der Waals surface area contributed by atoms with Gasteiger partial charge in [0, 0.05) is 15.6 Å². The number of esters is 1. The molecule has 2 N–H and O–H groups in total.